The first-order valence-corrected chi connectivity index (χ1v) is 12.1. The Hall–Kier alpha value is -3.11. The molecule has 5 heteroatoms. The number of aliphatic imine (C=N–C) groups is 1. The van der Waals surface area contributed by atoms with Gasteiger partial charge in [0, 0.05) is 29.6 Å². The third-order valence-corrected chi connectivity index (χ3v) is 6.65. The van der Waals surface area contributed by atoms with E-state index >= 15 is 0 Å². The minimum absolute atomic E-state index is 0.0570. The van der Waals surface area contributed by atoms with Crippen molar-refractivity contribution in [1.82, 2.24) is 0 Å². The Morgan fingerprint density at radius 3 is 2.15 bits per heavy atom. The number of likely N-dealkylation sites (N-methyl/N-ethyl adjacent to an activating group) is 1. The van der Waals surface area contributed by atoms with Crippen molar-refractivity contribution in [3.8, 4) is 5.75 Å². The zero-order valence-electron chi connectivity index (χ0n) is 20.3. The molecule has 0 saturated heterocycles. The van der Waals surface area contributed by atoms with E-state index in [1.165, 1.54) is 11.1 Å². The summed E-state index contributed by atoms with van der Waals surface area (Å²) in [5.74, 6) is 0.916. The van der Waals surface area contributed by atoms with Gasteiger partial charge in [-0.1, -0.05) is 57.5 Å². The third-order valence-electron chi connectivity index (χ3n) is 6.42. The van der Waals surface area contributed by atoms with Gasteiger partial charge in [0.05, 0.1) is 11.4 Å². The van der Waals surface area contributed by atoms with Crippen molar-refractivity contribution in [3.63, 3.8) is 0 Å². The Labute approximate surface area is 206 Å². The molecule has 4 rings (SSSR count). The van der Waals surface area contributed by atoms with E-state index in [-0.39, 0.29) is 11.7 Å². The Morgan fingerprint density at radius 1 is 0.941 bits per heavy atom. The average molecular weight is 475 g/mol. The molecular weight excluding hydrogens is 444 g/mol. The molecule has 0 fully saturated rings. The highest BCUT2D eigenvalue weighted by Gasteiger charge is 2.30. The van der Waals surface area contributed by atoms with Crippen molar-refractivity contribution in [2.24, 2.45) is 4.99 Å². The minimum Gasteiger partial charge on any atom is -0.508 e. The van der Waals surface area contributed by atoms with Crippen LogP contribution < -0.4 is 4.90 Å². The zero-order valence-corrected chi connectivity index (χ0v) is 21.1. The number of benzene rings is 3. The van der Waals surface area contributed by atoms with Gasteiger partial charge < -0.3 is 10.0 Å². The van der Waals surface area contributed by atoms with Crippen LogP contribution in [-0.2, 0) is 11.2 Å². The molecule has 4 nitrogen and oxygen atoms in total. The lowest BCUT2D eigenvalue weighted by atomic mass is 9.91. The molecule has 1 aliphatic heterocycles. The van der Waals surface area contributed by atoms with Crippen LogP contribution >= 0.6 is 11.6 Å². The van der Waals surface area contributed by atoms with Gasteiger partial charge in [0.1, 0.15) is 11.8 Å². The molecule has 0 radical (unpaired) electrons. The Morgan fingerprint density at radius 2 is 1.56 bits per heavy atom. The Balaban J connectivity index is 1.85. The summed E-state index contributed by atoms with van der Waals surface area (Å²) < 4.78 is 0. The molecular formula is C29H31ClN2O2. The van der Waals surface area contributed by atoms with E-state index in [2.05, 4.69) is 45.9 Å². The number of aromatic hydroxyl groups is 1. The summed E-state index contributed by atoms with van der Waals surface area (Å²) in [5.41, 5.74) is 6.75. The molecule has 0 bridgehead atoms. The van der Waals surface area contributed by atoms with Crippen LogP contribution in [0.15, 0.2) is 65.7 Å². The van der Waals surface area contributed by atoms with E-state index < -0.39 is 6.04 Å². The summed E-state index contributed by atoms with van der Waals surface area (Å²) >= 11 is 6.35. The molecule has 3 aromatic rings. The van der Waals surface area contributed by atoms with Crippen molar-refractivity contribution in [2.45, 2.75) is 52.0 Å². The first-order chi connectivity index (χ1) is 16.1. The number of rotatable bonds is 5. The maximum absolute atomic E-state index is 13.6. The summed E-state index contributed by atoms with van der Waals surface area (Å²) in [5, 5.41) is 10.4. The number of halogens is 1. The molecule has 176 valence electrons. The molecule has 34 heavy (non-hydrogen) atoms. The third kappa shape index (κ3) is 4.88. The number of benzodiazepines with no additional fused rings is 1. The molecule has 0 spiro atoms. The van der Waals surface area contributed by atoms with Crippen LogP contribution in [-0.4, -0.2) is 29.8 Å². The van der Waals surface area contributed by atoms with Gasteiger partial charge >= 0.3 is 0 Å². The normalized spacial score (nSPS) is 16.0. The molecule has 1 N–H and O–H groups in total. The van der Waals surface area contributed by atoms with Crippen molar-refractivity contribution < 1.29 is 9.90 Å². The van der Waals surface area contributed by atoms with Crippen LogP contribution in [0.4, 0.5) is 5.69 Å². The minimum atomic E-state index is -0.581. The zero-order chi connectivity index (χ0) is 24.6. The van der Waals surface area contributed by atoms with E-state index in [0.29, 0.717) is 29.0 Å². The first kappa shape index (κ1) is 24.0. The van der Waals surface area contributed by atoms with Gasteiger partial charge in [-0.3, -0.25) is 9.79 Å². The topological polar surface area (TPSA) is 52.9 Å². The fraction of sp³-hybridized carbons (Fsp3) is 0.310. The lowest BCUT2D eigenvalue weighted by Gasteiger charge is -2.21. The van der Waals surface area contributed by atoms with Crippen molar-refractivity contribution >= 4 is 28.9 Å². The summed E-state index contributed by atoms with van der Waals surface area (Å²) in [6, 6.07) is 18.5. The number of phenolic OH excluding ortho intramolecular Hbond substituents is 1. The molecule has 1 aliphatic rings. The van der Waals surface area contributed by atoms with Crippen molar-refractivity contribution in [2.75, 3.05) is 11.9 Å². The van der Waals surface area contributed by atoms with E-state index in [1.807, 2.05) is 24.3 Å². The van der Waals surface area contributed by atoms with Gasteiger partial charge in [-0.2, -0.15) is 0 Å². The number of nitrogens with zero attached hydrogens (tertiary/aromatic N) is 2. The second-order valence-corrected chi connectivity index (χ2v) is 10.1. The summed E-state index contributed by atoms with van der Waals surface area (Å²) in [6.07, 6.45) is 0.507. The van der Waals surface area contributed by atoms with Gasteiger partial charge in [-0.25, -0.2) is 0 Å². The number of carbonyl (C=O) groups is 1. The molecule has 1 atom stereocenters. The van der Waals surface area contributed by atoms with E-state index in [1.54, 1.807) is 30.1 Å². The van der Waals surface area contributed by atoms with E-state index in [9.17, 15) is 9.90 Å². The highest BCUT2D eigenvalue weighted by Crippen LogP contribution is 2.32. The predicted molar refractivity (Wildman–Crippen MR) is 141 cm³/mol. The van der Waals surface area contributed by atoms with Gasteiger partial charge in [0.2, 0.25) is 0 Å². The van der Waals surface area contributed by atoms with Crippen LogP contribution in [0.2, 0.25) is 5.02 Å². The molecule has 1 amide bonds. The number of phenols is 1. The number of carbonyl (C=O) groups excluding carboxylic acids is 1. The number of hydrogen-bond donors (Lipinski definition) is 1. The summed E-state index contributed by atoms with van der Waals surface area (Å²) in [4.78, 5) is 20.3. The van der Waals surface area contributed by atoms with E-state index in [4.69, 9.17) is 16.6 Å². The highest BCUT2D eigenvalue weighted by molar-refractivity contribution is 6.32. The highest BCUT2D eigenvalue weighted by atomic mass is 35.5. The number of fused-ring (bicyclic) bond motifs is 1. The van der Waals surface area contributed by atoms with Gasteiger partial charge in [-0.05, 0) is 71.0 Å². The maximum atomic E-state index is 13.6. The standard InChI is InChI=1S/C29H31ClN2O2/c1-17(2)21-12-19(13-22(15-21)18(3)4)14-26-29(34)32(5)27-11-8-23(30)16-25(27)28(31-26)20-6-9-24(33)10-7-20/h6-13,15-18,26,33H,14H2,1-5H3. The van der Waals surface area contributed by atoms with Crippen LogP contribution in [0, 0.1) is 0 Å². The van der Waals surface area contributed by atoms with Crippen LogP contribution in [0.3, 0.4) is 0 Å². The fourth-order valence-corrected chi connectivity index (χ4v) is 4.52. The van der Waals surface area contributed by atoms with Gasteiger partial charge in [-0.15, -0.1) is 0 Å². The quantitative estimate of drug-likeness (QED) is 0.446. The summed E-state index contributed by atoms with van der Waals surface area (Å²) in [6.45, 7) is 8.76. The lowest BCUT2D eigenvalue weighted by Crippen LogP contribution is -2.36. The molecule has 1 heterocycles. The number of amides is 1. The smallest absolute Gasteiger partial charge is 0.251 e. The van der Waals surface area contributed by atoms with Crippen LogP contribution in [0.1, 0.15) is 67.3 Å². The molecule has 3 aromatic carbocycles. The largest absolute Gasteiger partial charge is 0.508 e. The monoisotopic (exact) mass is 474 g/mol. The van der Waals surface area contributed by atoms with Crippen LogP contribution in [0.25, 0.3) is 0 Å². The lowest BCUT2D eigenvalue weighted by molar-refractivity contribution is -0.119. The first-order valence-electron chi connectivity index (χ1n) is 11.7. The number of anilines is 1. The van der Waals surface area contributed by atoms with Crippen molar-refractivity contribution in [3.05, 3.63) is 93.5 Å². The Bertz CT molecular complexity index is 1220. The van der Waals surface area contributed by atoms with Gasteiger partial charge in [0.25, 0.3) is 5.91 Å². The Kier molecular flexibility index (Phi) is 6.81. The molecule has 0 aromatic heterocycles. The van der Waals surface area contributed by atoms with Crippen LogP contribution in [0.5, 0.6) is 5.75 Å². The van der Waals surface area contributed by atoms with E-state index in [0.717, 1.165) is 22.4 Å². The van der Waals surface area contributed by atoms with Gasteiger partial charge in [0.15, 0.2) is 0 Å². The maximum Gasteiger partial charge on any atom is 0.251 e. The fourth-order valence-electron chi connectivity index (χ4n) is 4.35. The summed E-state index contributed by atoms with van der Waals surface area (Å²) in [7, 11) is 1.79. The van der Waals surface area contributed by atoms with Crippen molar-refractivity contribution in [1.29, 1.82) is 0 Å². The average Bonchev–Trinajstić information content (AvgIpc) is 2.90. The second kappa shape index (κ2) is 9.63. The second-order valence-electron chi connectivity index (χ2n) is 9.62. The predicted octanol–water partition coefficient (Wildman–Crippen LogP) is 6.72. The molecule has 0 aliphatic carbocycles. The molecule has 0 saturated carbocycles. The SMILES string of the molecule is CC(C)c1cc(CC2N=C(c3ccc(O)cc3)c3cc(Cl)ccc3N(C)C2=O)cc(C(C)C)c1. The molecule has 1 unspecified atom stereocenters. The number of hydrogen-bond acceptors (Lipinski definition) is 3.